The highest BCUT2D eigenvalue weighted by Gasteiger charge is 2.45. The molecule has 0 heterocycles. The van der Waals surface area contributed by atoms with E-state index in [2.05, 4.69) is 33.4 Å². The molecule has 0 bridgehead atoms. The summed E-state index contributed by atoms with van der Waals surface area (Å²) in [5.41, 5.74) is 1.13. The molecule has 80 valence electrons. The molecule has 0 radical (unpaired) electrons. The van der Waals surface area contributed by atoms with Crippen molar-refractivity contribution in [1.29, 1.82) is 0 Å². The fourth-order valence-corrected chi connectivity index (χ4v) is 2.15. The van der Waals surface area contributed by atoms with Crippen LogP contribution in [0.3, 0.4) is 0 Å². The largest absolute Gasteiger partial charge is 0.347 e. The van der Waals surface area contributed by atoms with Crippen molar-refractivity contribution >= 4 is 21.8 Å². The lowest BCUT2D eigenvalue weighted by atomic mass is 10.1. The highest BCUT2D eigenvalue weighted by atomic mass is 79.9. The zero-order valence-electron chi connectivity index (χ0n) is 8.72. The summed E-state index contributed by atoms with van der Waals surface area (Å²) in [7, 11) is 0. The first-order chi connectivity index (χ1) is 7.16. The summed E-state index contributed by atoms with van der Waals surface area (Å²) >= 11 is 3.45. The van der Waals surface area contributed by atoms with Gasteiger partial charge in [-0.15, -0.1) is 0 Å². The summed E-state index contributed by atoms with van der Waals surface area (Å²) in [6.45, 7) is 1.88. The van der Waals surface area contributed by atoms with Gasteiger partial charge in [-0.2, -0.15) is 0 Å². The first-order valence-corrected chi connectivity index (χ1v) is 6.03. The number of halogens is 1. The number of rotatable bonds is 3. The Labute approximate surface area is 98.2 Å². The first kappa shape index (κ1) is 10.7. The van der Waals surface area contributed by atoms with E-state index in [0.717, 1.165) is 17.3 Å². The maximum atomic E-state index is 11.4. The molecule has 0 atom stereocenters. The van der Waals surface area contributed by atoms with Crippen LogP contribution in [0.2, 0.25) is 0 Å². The van der Waals surface area contributed by atoms with Gasteiger partial charge in [0.15, 0.2) is 0 Å². The molecular formula is C12H14BrNO. The van der Waals surface area contributed by atoms with E-state index in [1.54, 1.807) is 0 Å². The second kappa shape index (κ2) is 3.97. The molecule has 1 amide bonds. The third-order valence-corrected chi connectivity index (χ3v) is 3.32. The van der Waals surface area contributed by atoms with Crippen molar-refractivity contribution in [2.75, 3.05) is 0 Å². The number of carbonyl (C=O) groups is 1. The first-order valence-electron chi connectivity index (χ1n) is 5.23. The van der Waals surface area contributed by atoms with E-state index in [0.29, 0.717) is 6.42 Å². The van der Waals surface area contributed by atoms with E-state index in [1.165, 1.54) is 5.56 Å². The van der Waals surface area contributed by atoms with Crippen molar-refractivity contribution in [3.8, 4) is 0 Å². The van der Waals surface area contributed by atoms with Crippen molar-refractivity contribution in [3.05, 3.63) is 34.3 Å². The highest BCUT2D eigenvalue weighted by molar-refractivity contribution is 9.10. The SMILES string of the molecule is CCC(=O)NC1(c2cccc(Br)c2)CC1. The van der Waals surface area contributed by atoms with Crippen LogP contribution in [0.25, 0.3) is 0 Å². The molecule has 1 N–H and O–H groups in total. The fraction of sp³-hybridized carbons (Fsp3) is 0.417. The molecule has 0 aliphatic heterocycles. The third-order valence-electron chi connectivity index (χ3n) is 2.83. The molecule has 0 aromatic heterocycles. The average molecular weight is 268 g/mol. The summed E-state index contributed by atoms with van der Waals surface area (Å²) in [6, 6.07) is 8.18. The molecule has 0 unspecified atom stereocenters. The minimum absolute atomic E-state index is 0.0725. The Balaban J connectivity index is 2.19. The average Bonchev–Trinajstić information content (AvgIpc) is 2.99. The molecule has 1 fully saturated rings. The van der Waals surface area contributed by atoms with Gasteiger partial charge in [0.1, 0.15) is 0 Å². The molecule has 2 rings (SSSR count). The number of nitrogens with one attached hydrogen (secondary N) is 1. The normalized spacial score (nSPS) is 17.2. The second-order valence-corrected chi connectivity index (χ2v) is 4.91. The van der Waals surface area contributed by atoms with Crippen molar-refractivity contribution in [2.24, 2.45) is 0 Å². The number of carbonyl (C=O) groups excluding carboxylic acids is 1. The lowest BCUT2D eigenvalue weighted by molar-refractivity contribution is -0.121. The van der Waals surface area contributed by atoms with Crippen molar-refractivity contribution in [2.45, 2.75) is 31.7 Å². The molecule has 3 heteroatoms. The molecule has 1 aromatic carbocycles. The van der Waals surface area contributed by atoms with Crippen molar-refractivity contribution in [1.82, 2.24) is 5.32 Å². The van der Waals surface area contributed by atoms with Crippen LogP contribution >= 0.6 is 15.9 Å². The van der Waals surface area contributed by atoms with Crippen LogP contribution in [0.1, 0.15) is 31.7 Å². The highest BCUT2D eigenvalue weighted by Crippen LogP contribution is 2.45. The van der Waals surface area contributed by atoms with Gasteiger partial charge in [-0.05, 0) is 30.5 Å². The molecule has 1 aliphatic rings. The molecule has 2 nitrogen and oxygen atoms in total. The molecule has 15 heavy (non-hydrogen) atoms. The smallest absolute Gasteiger partial charge is 0.220 e. The van der Waals surface area contributed by atoms with Gasteiger partial charge < -0.3 is 5.32 Å². The fourth-order valence-electron chi connectivity index (χ4n) is 1.75. The standard InChI is InChI=1S/C12H14BrNO/c1-2-11(15)14-12(6-7-12)9-4-3-5-10(13)8-9/h3-5,8H,2,6-7H2,1H3,(H,14,15). The molecule has 1 saturated carbocycles. The predicted molar refractivity (Wildman–Crippen MR) is 63.5 cm³/mol. The molecular weight excluding hydrogens is 254 g/mol. The van der Waals surface area contributed by atoms with E-state index < -0.39 is 0 Å². The number of benzene rings is 1. The zero-order chi connectivity index (χ0) is 10.9. The Bertz CT molecular complexity index is 385. The van der Waals surface area contributed by atoms with Crippen LogP contribution < -0.4 is 5.32 Å². The van der Waals surface area contributed by atoms with Crippen LogP contribution in [0.5, 0.6) is 0 Å². The van der Waals surface area contributed by atoms with E-state index in [-0.39, 0.29) is 11.4 Å². The van der Waals surface area contributed by atoms with Crippen LogP contribution in [0, 0.1) is 0 Å². The van der Waals surface area contributed by atoms with Crippen molar-refractivity contribution < 1.29 is 4.79 Å². The molecule has 1 aromatic rings. The maximum Gasteiger partial charge on any atom is 0.220 e. The van der Waals surface area contributed by atoms with Crippen LogP contribution in [-0.2, 0) is 10.3 Å². The minimum Gasteiger partial charge on any atom is -0.347 e. The Hall–Kier alpha value is -0.830. The molecule has 0 spiro atoms. The molecule has 0 saturated heterocycles. The van der Waals surface area contributed by atoms with Gasteiger partial charge in [-0.1, -0.05) is 35.0 Å². The van der Waals surface area contributed by atoms with Gasteiger partial charge in [0.25, 0.3) is 0 Å². The number of hydrogen-bond acceptors (Lipinski definition) is 1. The van der Waals surface area contributed by atoms with Crippen molar-refractivity contribution in [3.63, 3.8) is 0 Å². The van der Waals surface area contributed by atoms with Gasteiger partial charge in [0.2, 0.25) is 5.91 Å². The minimum atomic E-state index is -0.0725. The molecule has 1 aliphatic carbocycles. The Morgan fingerprint density at radius 1 is 1.53 bits per heavy atom. The van der Waals surface area contributed by atoms with Gasteiger partial charge in [-0.25, -0.2) is 0 Å². The van der Waals surface area contributed by atoms with E-state index in [4.69, 9.17) is 0 Å². The van der Waals surface area contributed by atoms with E-state index >= 15 is 0 Å². The lowest BCUT2D eigenvalue weighted by Gasteiger charge is -2.17. The topological polar surface area (TPSA) is 29.1 Å². The van der Waals surface area contributed by atoms with E-state index in [9.17, 15) is 4.79 Å². The van der Waals surface area contributed by atoms with Gasteiger partial charge >= 0.3 is 0 Å². The van der Waals surface area contributed by atoms with Gasteiger partial charge in [-0.3, -0.25) is 4.79 Å². The quantitative estimate of drug-likeness (QED) is 0.897. The predicted octanol–water partition coefficient (Wildman–Crippen LogP) is 2.96. The number of amides is 1. The summed E-state index contributed by atoms with van der Waals surface area (Å²) < 4.78 is 1.07. The summed E-state index contributed by atoms with van der Waals surface area (Å²) in [6.07, 6.45) is 2.65. The second-order valence-electron chi connectivity index (χ2n) is 3.99. The maximum absolute atomic E-state index is 11.4. The summed E-state index contributed by atoms with van der Waals surface area (Å²) in [5.74, 6) is 0.132. The zero-order valence-corrected chi connectivity index (χ0v) is 10.3. The monoisotopic (exact) mass is 267 g/mol. The Morgan fingerprint density at radius 3 is 2.80 bits per heavy atom. The number of hydrogen-bond donors (Lipinski definition) is 1. The van der Waals surface area contributed by atoms with Crippen LogP contribution in [-0.4, -0.2) is 5.91 Å². The Kier molecular flexibility index (Phi) is 2.83. The third kappa shape index (κ3) is 2.23. The lowest BCUT2D eigenvalue weighted by Crippen LogP contribution is -2.34. The summed E-state index contributed by atoms with van der Waals surface area (Å²) in [5, 5.41) is 3.10. The van der Waals surface area contributed by atoms with Crippen LogP contribution in [0.15, 0.2) is 28.7 Å². The van der Waals surface area contributed by atoms with Gasteiger partial charge in [0.05, 0.1) is 5.54 Å². The van der Waals surface area contributed by atoms with E-state index in [1.807, 2.05) is 19.1 Å². The van der Waals surface area contributed by atoms with Gasteiger partial charge in [0, 0.05) is 10.9 Å². The Morgan fingerprint density at radius 2 is 2.27 bits per heavy atom. The summed E-state index contributed by atoms with van der Waals surface area (Å²) in [4.78, 5) is 11.4. The van der Waals surface area contributed by atoms with Crippen LogP contribution in [0.4, 0.5) is 0 Å².